The zero-order valence-corrected chi connectivity index (χ0v) is 11.0. The summed E-state index contributed by atoms with van der Waals surface area (Å²) in [4.78, 5) is 11.9. The minimum absolute atomic E-state index is 0.377. The van der Waals surface area contributed by atoms with E-state index in [2.05, 4.69) is 6.08 Å². The van der Waals surface area contributed by atoms with E-state index in [1.807, 2.05) is 6.08 Å². The Morgan fingerprint density at radius 2 is 1.47 bits per heavy atom. The molecule has 96 valence electrons. The highest BCUT2D eigenvalue weighted by Crippen LogP contribution is 2.27. The van der Waals surface area contributed by atoms with Crippen LogP contribution < -0.4 is 0 Å². The first-order chi connectivity index (χ1) is 8.34. The van der Waals surface area contributed by atoms with Crippen molar-refractivity contribution in [3.63, 3.8) is 0 Å². The number of hydrogen-bond donors (Lipinski definition) is 0. The largest absolute Gasteiger partial charge is 0.295 e. The second-order valence-electron chi connectivity index (χ2n) is 5.93. The Morgan fingerprint density at radius 3 is 2.12 bits per heavy atom. The predicted molar refractivity (Wildman–Crippen MR) is 71.9 cm³/mol. The van der Waals surface area contributed by atoms with Crippen molar-refractivity contribution in [3.05, 3.63) is 12.2 Å². The van der Waals surface area contributed by atoms with Crippen LogP contribution in [-0.2, 0) is 4.79 Å². The van der Waals surface area contributed by atoms with Gasteiger partial charge in [-0.3, -0.25) is 4.79 Å². The molecule has 0 aromatic rings. The van der Waals surface area contributed by atoms with E-state index < -0.39 is 0 Å². The Kier molecular flexibility index (Phi) is 5.28. The summed E-state index contributed by atoms with van der Waals surface area (Å²) in [7, 11) is 0. The molecular weight excluding hydrogens is 208 g/mol. The molecule has 0 amide bonds. The van der Waals surface area contributed by atoms with E-state index in [0.717, 1.165) is 6.42 Å². The average Bonchev–Trinajstić information content (AvgIpc) is 2.39. The molecule has 1 heteroatoms. The first kappa shape index (κ1) is 12.9. The lowest BCUT2D eigenvalue weighted by Gasteiger charge is -2.20. The summed E-state index contributed by atoms with van der Waals surface area (Å²) in [6.45, 7) is 0. The maximum absolute atomic E-state index is 11.9. The molecule has 2 rings (SSSR count). The Balaban J connectivity index is 1.69. The maximum atomic E-state index is 11.9. The van der Waals surface area contributed by atoms with Gasteiger partial charge in [-0.1, -0.05) is 57.4 Å². The van der Waals surface area contributed by atoms with E-state index in [0.29, 0.717) is 17.6 Å². The van der Waals surface area contributed by atoms with Crippen LogP contribution in [-0.4, -0.2) is 5.78 Å². The van der Waals surface area contributed by atoms with Gasteiger partial charge in [0.2, 0.25) is 0 Å². The highest BCUT2D eigenvalue weighted by molar-refractivity contribution is 5.89. The van der Waals surface area contributed by atoms with Gasteiger partial charge < -0.3 is 0 Å². The van der Waals surface area contributed by atoms with Gasteiger partial charge in [-0.2, -0.15) is 0 Å². The topological polar surface area (TPSA) is 17.1 Å². The second kappa shape index (κ2) is 6.98. The third kappa shape index (κ3) is 4.65. The van der Waals surface area contributed by atoms with Crippen LogP contribution in [0, 0.1) is 11.8 Å². The van der Waals surface area contributed by atoms with E-state index in [-0.39, 0.29) is 0 Å². The van der Waals surface area contributed by atoms with Gasteiger partial charge >= 0.3 is 0 Å². The second-order valence-corrected chi connectivity index (χ2v) is 5.93. The molecule has 0 spiro atoms. The molecular formula is C16H26O. The summed E-state index contributed by atoms with van der Waals surface area (Å²) in [5.74, 6) is 1.76. The molecule has 0 N–H and O–H groups in total. The van der Waals surface area contributed by atoms with Crippen molar-refractivity contribution in [3.8, 4) is 0 Å². The standard InChI is InChI=1S/C16H26O/c17-16(13-15-9-5-2-6-10-15)12-11-14-7-3-1-4-8-14/h11-12,14-15H,1-10,13H2/b12-11+. The van der Waals surface area contributed by atoms with Crippen molar-refractivity contribution >= 4 is 5.78 Å². The summed E-state index contributed by atoms with van der Waals surface area (Å²) >= 11 is 0. The van der Waals surface area contributed by atoms with E-state index in [9.17, 15) is 4.79 Å². The molecule has 0 aromatic heterocycles. The van der Waals surface area contributed by atoms with Gasteiger partial charge in [0.05, 0.1) is 0 Å². The van der Waals surface area contributed by atoms with Gasteiger partial charge in [0.25, 0.3) is 0 Å². The molecule has 0 aliphatic heterocycles. The molecule has 0 radical (unpaired) electrons. The lowest BCUT2D eigenvalue weighted by Crippen LogP contribution is -2.11. The highest BCUT2D eigenvalue weighted by atomic mass is 16.1. The first-order valence-electron chi connectivity index (χ1n) is 7.55. The Morgan fingerprint density at radius 1 is 0.882 bits per heavy atom. The van der Waals surface area contributed by atoms with Crippen LogP contribution in [0.1, 0.15) is 70.6 Å². The quantitative estimate of drug-likeness (QED) is 0.646. The van der Waals surface area contributed by atoms with Crippen molar-refractivity contribution in [1.82, 2.24) is 0 Å². The van der Waals surface area contributed by atoms with Crippen LogP contribution in [0.15, 0.2) is 12.2 Å². The van der Waals surface area contributed by atoms with Crippen molar-refractivity contribution in [2.75, 3.05) is 0 Å². The van der Waals surface area contributed by atoms with Crippen molar-refractivity contribution < 1.29 is 4.79 Å². The molecule has 2 fully saturated rings. The summed E-state index contributed by atoms with van der Waals surface area (Å²) in [6.07, 6.45) is 18.2. The molecule has 0 bridgehead atoms. The fourth-order valence-electron chi connectivity index (χ4n) is 3.31. The lowest BCUT2D eigenvalue weighted by atomic mass is 9.85. The number of ketones is 1. The minimum Gasteiger partial charge on any atom is -0.295 e. The molecule has 0 saturated heterocycles. The minimum atomic E-state index is 0.377. The molecule has 0 atom stereocenters. The predicted octanol–water partition coefficient (Wildman–Crippen LogP) is 4.66. The van der Waals surface area contributed by atoms with Crippen molar-refractivity contribution in [1.29, 1.82) is 0 Å². The van der Waals surface area contributed by atoms with Gasteiger partial charge in [0, 0.05) is 6.42 Å². The van der Waals surface area contributed by atoms with Crippen LogP contribution in [0.4, 0.5) is 0 Å². The van der Waals surface area contributed by atoms with Crippen molar-refractivity contribution in [2.24, 2.45) is 11.8 Å². The molecule has 1 nitrogen and oxygen atoms in total. The summed E-state index contributed by atoms with van der Waals surface area (Å²) in [5.41, 5.74) is 0. The van der Waals surface area contributed by atoms with Crippen molar-refractivity contribution in [2.45, 2.75) is 70.6 Å². The lowest BCUT2D eigenvalue weighted by molar-refractivity contribution is -0.115. The number of carbonyl (C=O) groups excluding carboxylic acids is 1. The Labute approximate surface area is 106 Å². The molecule has 0 heterocycles. The van der Waals surface area contributed by atoms with Crippen LogP contribution in [0.5, 0.6) is 0 Å². The number of rotatable bonds is 4. The zero-order valence-electron chi connectivity index (χ0n) is 11.0. The SMILES string of the molecule is O=C(/C=C/C1CCCCC1)CC1CCCCC1. The smallest absolute Gasteiger partial charge is 0.155 e. The van der Waals surface area contributed by atoms with E-state index in [4.69, 9.17) is 0 Å². The average molecular weight is 234 g/mol. The Hall–Kier alpha value is -0.590. The van der Waals surface area contributed by atoms with Gasteiger partial charge in [0.15, 0.2) is 5.78 Å². The van der Waals surface area contributed by atoms with E-state index in [1.165, 1.54) is 64.2 Å². The van der Waals surface area contributed by atoms with E-state index >= 15 is 0 Å². The zero-order chi connectivity index (χ0) is 11.9. The Bertz CT molecular complexity index is 255. The van der Waals surface area contributed by atoms with Crippen LogP contribution in [0.3, 0.4) is 0 Å². The van der Waals surface area contributed by atoms with Gasteiger partial charge in [0.1, 0.15) is 0 Å². The van der Waals surface area contributed by atoms with Gasteiger partial charge in [-0.25, -0.2) is 0 Å². The number of allylic oxidation sites excluding steroid dienone is 2. The third-order valence-electron chi connectivity index (χ3n) is 4.42. The van der Waals surface area contributed by atoms with Crippen LogP contribution in [0.2, 0.25) is 0 Å². The molecule has 0 aromatic carbocycles. The fraction of sp³-hybridized carbons (Fsp3) is 0.812. The maximum Gasteiger partial charge on any atom is 0.155 e. The summed E-state index contributed by atoms with van der Waals surface area (Å²) < 4.78 is 0. The van der Waals surface area contributed by atoms with Crippen LogP contribution in [0.25, 0.3) is 0 Å². The normalized spacial score (nSPS) is 24.2. The fourth-order valence-corrected chi connectivity index (χ4v) is 3.31. The number of hydrogen-bond acceptors (Lipinski definition) is 1. The molecule has 17 heavy (non-hydrogen) atoms. The molecule has 2 aliphatic rings. The molecule has 0 unspecified atom stereocenters. The third-order valence-corrected chi connectivity index (χ3v) is 4.42. The van der Waals surface area contributed by atoms with E-state index in [1.54, 1.807) is 0 Å². The molecule has 2 saturated carbocycles. The first-order valence-corrected chi connectivity index (χ1v) is 7.55. The monoisotopic (exact) mass is 234 g/mol. The van der Waals surface area contributed by atoms with Gasteiger partial charge in [-0.15, -0.1) is 0 Å². The number of carbonyl (C=O) groups is 1. The van der Waals surface area contributed by atoms with Crippen LogP contribution >= 0.6 is 0 Å². The summed E-state index contributed by atoms with van der Waals surface area (Å²) in [5, 5.41) is 0. The van der Waals surface area contributed by atoms with Gasteiger partial charge in [-0.05, 0) is 30.8 Å². The summed E-state index contributed by atoms with van der Waals surface area (Å²) in [6, 6.07) is 0. The highest BCUT2D eigenvalue weighted by Gasteiger charge is 2.16. The molecule has 2 aliphatic carbocycles.